The van der Waals surface area contributed by atoms with Crippen LogP contribution in [0.15, 0.2) is 24.3 Å². The maximum Gasteiger partial charge on any atom is 0.241 e. The van der Waals surface area contributed by atoms with Crippen LogP contribution in [0.2, 0.25) is 0 Å². The van der Waals surface area contributed by atoms with E-state index in [2.05, 4.69) is 10.6 Å². The summed E-state index contributed by atoms with van der Waals surface area (Å²) in [5, 5.41) is 6.24. The normalized spacial score (nSPS) is 17.3. The van der Waals surface area contributed by atoms with E-state index in [-0.39, 0.29) is 24.4 Å². The van der Waals surface area contributed by atoms with Gasteiger partial charge < -0.3 is 20.1 Å². The van der Waals surface area contributed by atoms with Gasteiger partial charge in [0.15, 0.2) is 0 Å². The second-order valence-electron chi connectivity index (χ2n) is 5.44. The zero-order valence-corrected chi connectivity index (χ0v) is 14.5. The van der Waals surface area contributed by atoms with E-state index in [4.69, 9.17) is 9.47 Å². The number of amides is 1. The maximum atomic E-state index is 12.2. The number of carbonyl (C=O) groups is 1. The molecule has 6 heteroatoms. The fourth-order valence-electron chi connectivity index (χ4n) is 2.50. The molecular weight excluding hydrogens is 316 g/mol. The minimum absolute atomic E-state index is 0. The third kappa shape index (κ3) is 7.31. The molecule has 1 fully saturated rings. The van der Waals surface area contributed by atoms with Crippen LogP contribution in [-0.4, -0.2) is 38.3 Å². The van der Waals surface area contributed by atoms with Crippen molar-refractivity contribution in [1.82, 2.24) is 5.32 Å². The zero-order chi connectivity index (χ0) is 15.6. The summed E-state index contributed by atoms with van der Waals surface area (Å²) in [7, 11) is 0. The van der Waals surface area contributed by atoms with Crippen LogP contribution in [0.4, 0.5) is 5.69 Å². The molecule has 1 aliphatic heterocycles. The van der Waals surface area contributed by atoms with E-state index in [1.54, 1.807) is 0 Å². The molecule has 130 valence electrons. The fourth-order valence-corrected chi connectivity index (χ4v) is 2.50. The molecule has 0 radical (unpaired) electrons. The van der Waals surface area contributed by atoms with Crippen molar-refractivity contribution in [3.05, 3.63) is 29.8 Å². The Kier molecular flexibility index (Phi) is 9.87. The molecule has 23 heavy (non-hydrogen) atoms. The van der Waals surface area contributed by atoms with Crippen LogP contribution in [0.25, 0.3) is 0 Å². The number of halogens is 1. The van der Waals surface area contributed by atoms with Crippen LogP contribution < -0.4 is 10.6 Å². The molecule has 1 aromatic carbocycles. The molecule has 5 nitrogen and oxygen atoms in total. The van der Waals surface area contributed by atoms with Crippen molar-refractivity contribution >= 4 is 24.0 Å². The standard InChI is InChI=1S/C17H26N2O3.ClH/c1-2-21-10-11-22-13-14-6-5-7-15(12-14)19-17(20)16-8-3-4-9-18-16;/h5-7,12,16,18H,2-4,8-11,13H2,1H3,(H,19,20);1H. The summed E-state index contributed by atoms with van der Waals surface area (Å²) in [6.45, 7) is 5.31. The molecule has 0 spiro atoms. The van der Waals surface area contributed by atoms with Gasteiger partial charge in [0.05, 0.1) is 25.9 Å². The lowest BCUT2D eigenvalue weighted by atomic mass is 10.0. The highest BCUT2D eigenvalue weighted by molar-refractivity contribution is 5.94. The van der Waals surface area contributed by atoms with Gasteiger partial charge in [-0.25, -0.2) is 0 Å². The van der Waals surface area contributed by atoms with E-state index in [1.807, 2.05) is 31.2 Å². The minimum atomic E-state index is -0.0696. The molecule has 1 heterocycles. The molecule has 0 bridgehead atoms. The number of piperidine rings is 1. The SMILES string of the molecule is CCOCCOCc1cccc(NC(=O)C2CCCCN2)c1.Cl. The Balaban J connectivity index is 0.00000264. The fraction of sp³-hybridized carbons (Fsp3) is 0.588. The maximum absolute atomic E-state index is 12.2. The van der Waals surface area contributed by atoms with Gasteiger partial charge in [-0.1, -0.05) is 18.6 Å². The number of ether oxygens (including phenoxy) is 2. The lowest BCUT2D eigenvalue weighted by Crippen LogP contribution is -2.43. The molecule has 1 unspecified atom stereocenters. The summed E-state index contributed by atoms with van der Waals surface area (Å²) in [4.78, 5) is 12.2. The number of benzene rings is 1. The number of rotatable bonds is 8. The highest BCUT2D eigenvalue weighted by Gasteiger charge is 2.20. The van der Waals surface area contributed by atoms with Crippen LogP contribution >= 0.6 is 12.4 Å². The summed E-state index contributed by atoms with van der Waals surface area (Å²) in [6, 6.07) is 7.73. The van der Waals surface area contributed by atoms with Gasteiger partial charge in [0.2, 0.25) is 5.91 Å². The topological polar surface area (TPSA) is 59.6 Å². The summed E-state index contributed by atoms with van der Waals surface area (Å²) >= 11 is 0. The van der Waals surface area contributed by atoms with Gasteiger partial charge in [0, 0.05) is 12.3 Å². The van der Waals surface area contributed by atoms with Crippen LogP contribution in [0.3, 0.4) is 0 Å². The number of nitrogens with one attached hydrogen (secondary N) is 2. The van der Waals surface area contributed by atoms with E-state index >= 15 is 0 Å². The molecule has 2 rings (SSSR count). The van der Waals surface area contributed by atoms with E-state index < -0.39 is 0 Å². The lowest BCUT2D eigenvalue weighted by Gasteiger charge is -2.22. The van der Waals surface area contributed by atoms with Crippen molar-refractivity contribution < 1.29 is 14.3 Å². The first-order valence-electron chi connectivity index (χ1n) is 8.08. The third-order valence-electron chi connectivity index (χ3n) is 3.67. The summed E-state index contributed by atoms with van der Waals surface area (Å²) < 4.78 is 10.8. The highest BCUT2D eigenvalue weighted by Crippen LogP contribution is 2.14. The average molecular weight is 343 g/mol. The van der Waals surface area contributed by atoms with Crippen LogP contribution in [0.1, 0.15) is 31.7 Å². The predicted octanol–water partition coefficient (Wildman–Crippen LogP) is 2.74. The first-order chi connectivity index (χ1) is 10.8. The summed E-state index contributed by atoms with van der Waals surface area (Å²) in [5.41, 5.74) is 1.87. The monoisotopic (exact) mass is 342 g/mol. The van der Waals surface area contributed by atoms with Gasteiger partial charge in [-0.05, 0) is 44.0 Å². The smallest absolute Gasteiger partial charge is 0.241 e. The Labute approximate surface area is 144 Å². The molecule has 0 aliphatic carbocycles. The largest absolute Gasteiger partial charge is 0.379 e. The Bertz CT molecular complexity index is 465. The van der Waals surface area contributed by atoms with E-state index in [9.17, 15) is 4.79 Å². The van der Waals surface area contributed by atoms with Crippen LogP contribution in [0.5, 0.6) is 0 Å². The molecule has 0 aromatic heterocycles. The molecule has 1 saturated heterocycles. The molecule has 1 amide bonds. The first-order valence-corrected chi connectivity index (χ1v) is 8.08. The van der Waals surface area contributed by atoms with Gasteiger partial charge in [0.25, 0.3) is 0 Å². The van der Waals surface area contributed by atoms with Crippen molar-refractivity contribution in [1.29, 1.82) is 0 Å². The number of hydrogen-bond acceptors (Lipinski definition) is 4. The van der Waals surface area contributed by atoms with Crippen molar-refractivity contribution in [2.24, 2.45) is 0 Å². The van der Waals surface area contributed by atoms with Crippen molar-refractivity contribution in [3.63, 3.8) is 0 Å². The van der Waals surface area contributed by atoms with Crippen molar-refractivity contribution in [2.45, 2.75) is 38.8 Å². The molecular formula is C17H27ClN2O3. The Morgan fingerprint density at radius 2 is 2.13 bits per heavy atom. The van der Waals surface area contributed by atoms with Gasteiger partial charge in [0.1, 0.15) is 0 Å². The van der Waals surface area contributed by atoms with Crippen LogP contribution in [-0.2, 0) is 20.9 Å². The van der Waals surface area contributed by atoms with E-state index in [0.29, 0.717) is 26.4 Å². The molecule has 1 atom stereocenters. The molecule has 1 aromatic rings. The van der Waals surface area contributed by atoms with Gasteiger partial charge in [-0.15, -0.1) is 12.4 Å². The Hall–Kier alpha value is -1.14. The quantitative estimate of drug-likeness (QED) is 0.713. The predicted molar refractivity (Wildman–Crippen MR) is 94.1 cm³/mol. The number of carbonyl (C=O) groups excluding carboxylic acids is 1. The minimum Gasteiger partial charge on any atom is -0.379 e. The Morgan fingerprint density at radius 1 is 1.30 bits per heavy atom. The molecule has 1 aliphatic rings. The second kappa shape index (κ2) is 11.4. The van der Waals surface area contributed by atoms with Gasteiger partial charge in [-0.2, -0.15) is 0 Å². The molecule has 0 saturated carbocycles. The van der Waals surface area contributed by atoms with Crippen molar-refractivity contribution in [3.8, 4) is 0 Å². The number of hydrogen-bond donors (Lipinski definition) is 2. The van der Waals surface area contributed by atoms with E-state index in [0.717, 1.165) is 37.1 Å². The number of anilines is 1. The van der Waals surface area contributed by atoms with Crippen molar-refractivity contribution in [2.75, 3.05) is 31.7 Å². The highest BCUT2D eigenvalue weighted by atomic mass is 35.5. The summed E-state index contributed by atoms with van der Waals surface area (Å²) in [6.07, 6.45) is 3.17. The third-order valence-corrected chi connectivity index (χ3v) is 3.67. The first kappa shape index (κ1) is 19.9. The van der Waals surface area contributed by atoms with Gasteiger partial charge >= 0.3 is 0 Å². The van der Waals surface area contributed by atoms with E-state index in [1.165, 1.54) is 0 Å². The average Bonchev–Trinajstić information content (AvgIpc) is 2.56. The lowest BCUT2D eigenvalue weighted by molar-refractivity contribution is -0.118. The Morgan fingerprint density at radius 3 is 2.87 bits per heavy atom. The molecule has 2 N–H and O–H groups in total. The zero-order valence-electron chi connectivity index (χ0n) is 13.7. The summed E-state index contributed by atoms with van der Waals surface area (Å²) in [5.74, 6) is 0.0501. The van der Waals surface area contributed by atoms with Crippen LogP contribution in [0, 0.1) is 0 Å². The second-order valence-corrected chi connectivity index (χ2v) is 5.44. The van der Waals surface area contributed by atoms with Gasteiger partial charge in [-0.3, -0.25) is 4.79 Å².